The number of nitrogens with two attached hydrogens (primary N) is 1. The van der Waals surface area contributed by atoms with E-state index in [0.717, 1.165) is 0 Å². The summed E-state index contributed by atoms with van der Waals surface area (Å²) in [6.07, 6.45) is 2.06. The molecule has 2 rings (SSSR count). The number of halogens is 1. The van der Waals surface area contributed by atoms with Gasteiger partial charge in [-0.3, -0.25) is 19.4 Å². The molecule has 0 bridgehead atoms. The maximum absolute atomic E-state index is 12.7. The number of hydrogen-bond donors (Lipinski definition) is 3. The highest BCUT2D eigenvalue weighted by molar-refractivity contribution is 9.10. The van der Waals surface area contributed by atoms with Gasteiger partial charge in [0, 0.05) is 16.2 Å². The number of amides is 2. The number of aromatic nitrogens is 1. The molecule has 0 aliphatic heterocycles. The second-order valence-corrected chi connectivity index (χ2v) is 7.65. The lowest BCUT2D eigenvalue weighted by Gasteiger charge is -2.15. The lowest BCUT2D eigenvalue weighted by molar-refractivity contribution is -0.125. The quantitative estimate of drug-likeness (QED) is 0.538. The first-order chi connectivity index (χ1) is 13.3. The van der Waals surface area contributed by atoms with Crippen molar-refractivity contribution < 1.29 is 14.4 Å². The van der Waals surface area contributed by atoms with Gasteiger partial charge in [-0.05, 0) is 42.7 Å². The first kappa shape index (κ1) is 21.7. The van der Waals surface area contributed by atoms with Crippen LogP contribution in [0.1, 0.15) is 36.3 Å². The van der Waals surface area contributed by atoms with Crippen molar-refractivity contribution in [2.75, 3.05) is 11.9 Å². The molecule has 0 fully saturated rings. The zero-order valence-electron chi connectivity index (χ0n) is 15.7. The number of ketones is 1. The topological polar surface area (TPSA) is 114 Å². The van der Waals surface area contributed by atoms with E-state index in [1.54, 1.807) is 36.4 Å². The van der Waals surface area contributed by atoms with Gasteiger partial charge in [0.1, 0.15) is 5.69 Å². The normalized spacial score (nSPS) is 11.8. The van der Waals surface area contributed by atoms with Crippen molar-refractivity contribution in [3.63, 3.8) is 0 Å². The summed E-state index contributed by atoms with van der Waals surface area (Å²) in [5.41, 5.74) is 6.70. The number of hydrogen-bond acceptors (Lipinski definition) is 5. The van der Waals surface area contributed by atoms with Crippen molar-refractivity contribution >= 4 is 39.2 Å². The van der Waals surface area contributed by atoms with E-state index in [9.17, 15) is 14.4 Å². The van der Waals surface area contributed by atoms with Crippen molar-refractivity contribution in [1.82, 2.24) is 10.3 Å². The first-order valence-corrected chi connectivity index (χ1v) is 9.65. The number of carbonyl (C=O) groups excluding carboxylic acids is 3. The third-order valence-corrected chi connectivity index (χ3v) is 4.38. The predicted molar refractivity (Wildman–Crippen MR) is 111 cm³/mol. The Morgan fingerprint density at radius 3 is 2.57 bits per heavy atom. The van der Waals surface area contributed by atoms with Gasteiger partial charge in [-0.1, -0.05) is 35.8 Å². The van der Waals surface area contributed by atoms with Gasteiger partial charge in [-0.15, -0.1) is 0 Å². The number of pyridine rings is 1. The molecule has 0 saturated heterocycles. The smallest absolute Gasteiger partial charge is 0.243 e. The Morgan fingerprint density at radius 2 is 1.93 bits per heavy atom. The zero-order chi connectivity index (χ0) is 20.7. The molecule has 0 aliphatic carbocycles. The van der Waals surface area contributed by atoms with Gasteiger partial charge in [0.05, 0.1) is 18.3 Å². The molecule has 4 N–H and O–H groups in total. The number of rotatable bonds is 8. The molecule has 0 unspecified atom stereocenters. The minimum atomic E-state index is -0.665. The van der Waals surface area contributed by atoms with Crippen LogP contribution in [0.4, 0.5) is 5.69 Å². The molecule has 8 heteroatoms. The van der Waals surface area contributed by atoms with E-state index in [1.807, 2.05) is 13.8 Å². The van der Waals surface area contributed by atoms with E-state index in [0.29, 0.717) is 22.1 Å². The Bertz CT molecular complexity index is 856. The van der Waals surface area contributed by atoms with Crippen LogP contribution in [0.2, 0.25) is 0 Å². The second-order valence-electron chi connectivity index (χ2n) is 6.74. The molecule has 0 aliphatic rings. The summed E-state index contributed by atoms with van der Waals surface area (Å²) < 4.78 is 0.692. The van der Waals surface area contributed by atoms with Gasteiger partial charge in [0.15, 0.2) is 0 Å². The summed E-state index contributed by atoms with van der Waals surface area (Å²) in [5, 5.41) is 5.18. The van der Waals surface area contributed by atoms with Crippen LogP contribution in [0, 0.1) is 5.92 Å². The van der Waals surface area contributed by atoms with Crippen LogP contribution in [0.3, 0.4) is 0 Å². The van der Waals surface area contributed by atoms with Gasteiger partial charge in [0.2, 0.25) is 17.6 Å². The highest BCUT2D eigenvalue weighted by Crippen LogP contribution is 2.23. The molecule has 2 aromatic rings. The average molecular weight is 447 g/mol. The van der Waals surface area contributed by atoms with Crippen molar-refractivity contribution in [3.05, 3.63) is 58.3 Å². The fraction of sp³-hybridized carbons (Fsp3) is 0.300. The summed E-state index contributed by atoms with van der Waals surface area (Å²) in [6.45, 7) is 3.69. The monoisotopic (exact) mass is 446 g/mol. The Balaban J connectivity index is 2.07. The predicted octanol–water partition coefficient (Wildman–Crippen LogP) is 2.50. The van der Waals surface area contributed by atoms with E-state index in [1.165, 1.54) is 6.20 Å². The molecule has 1 atom stereocenters. The zero-order valence-corrected chi connectivity index (χ0v) is 17.3. The molecule has 7 nitrogen and oxygen atoms in total. The van der Waals surface area contributed by atoms with E-state index in [2.05, 4.69) is 31.5 Å². The standard InChI is InChI=1S/C20H23BrN4O3/c1-12(2)9-15(22)20(28)24-11-18(26)25-16-7-6-13(21)10-14(16)19(27)17-5-3-4-8-23-17/h3-8,10,12,15H,9,11,22H2,1-2H3,(H,24,28)(H,25,26)/t15-/m0/s1. The summed E-state index contributed by atoms with van der Waals surface area (Å²) in [5.74, 6) is -0.885. The highest BCUT2D eigenvalue weighted by atomic mass is 79.9. The molecule has 2 amide bonds. The van der Waals surface area contributed by atoms with Crippen molar-refractivity contribution in [1.29, 1.82) is 0 Å². The van der Waals surface area contributed by atoms with E-state index in [-0.39, 0.29) is 29.8 Å². The van der Waals surface area contributed by atoms with Crippen LogP contribution in [-0.2, 0) is 9.59 Å². The molecule has 1 aromatic heterocycles. The molecule has 1 heterocycles. The Morgan fingerprint density at radius 1 is 1.18 bits per heavy atom. The van der Waals surface area contributed by atoms with Gasteiger partial charge in [0.25, 0.3) is 0 Å². The summed E-state index contributed by atoms with van der Waals surface area (Å²) >= 11 is 3.33. The van der Waals surface area contributed by atoms with Crippen LogP contribution in [0.25, 0.3) is 0 Å². The van der Waals surface area contributed by atoms with Gasteiger partial charge >= 0.3 is 0 Å². The maximum atomic E-state index is 12.7. The van der Waals surface area contributed by atoms with Crippen LogP contribution in [0.15, 0.2) is 47.1 Å². The van der Waals surface area contributed by atoms with Crippen LogP contribution >= 0.6 is 15.9 Å². The Kier molecular flexibility index (Phi) is 7.83. The summed E-state index contributed by atoms with van der Waals surface area (Å²) in [7, 11) is 0. The second kappa shape index (κ2) is 10.1. The largest absolute Gasteiger partial charge is 0.346 e. The van der Waals surface area contributed by atoms with Crippen LogP contribution in [-0.4, -0.2) is 35.2 Å². The van der Waals surface area contributed by atoms with Crippen molar-refractivity contribution in [2.45, 2.75) is 26.3 Å². The molecular formula is C20H23BrN4O3. The molecule has 148 valence electrons. The lowest BCUT2D eigenvalue weighted by atomic mass is 10.0. The summed E-state index contributed by atoms with van der Waals surface area (Å²) in [6, 6.07) is 9.31. The fourth-order valence-corrected chi connectivity index (χ4v) is 2.92. The van der Waals surface area contributed by atoms with E-state index < -0.39 is 11.9 Å². The third-order valence-electron chi connectivity index (χ3n) is 3.88. The molecule has 0 saturated carbocycles. The Hall–Kier alpha value is -2.58. The Labute approximate surface area is 172 Å². The van der Waals surface area contributed by atoms with Crippen molar-refractivity contribution in [2.24, 2.45) is 11.7 Å². The highest BCUT2D eigenvalue weighted by Gasteiger charge is 2.18. The number of carbonyl (C=O) groups is 3. The third kappa shape index (κ3) is 6.24. The molecule has 1 aromatic carbocycles. The molecule has 28 heavy (non-hydrogen) atoms. The molecule has 0 radical (unpaired) electrons. The lowest BCUT2D eigenvalue weighted by Crippen LogP contribution is -2.44. The number of nitrogens with zero attached hydrogens (tertiary/aromatic N) is 1. The van der Waals surface area contributed by atoms with E-state index >= 15 is 0 Å². The van der Waals surface area contributed by atoms with Crippen LogP contribution < -0.4 is 16.4 Å². The number of nitrogens with one attached hydrogen (secondary N) is 2. The summed E-state index contributed by atoms with van der Waals surface area (Å²) in [4.78, 5) is 41.0. The SMILES string of the molecule is CC(C)C[C@H](N)C(=O)NCC(=O)Nc1ccc(Br)cc1C(=O)c1ccccn1. The minimum absolute atomic E-state index is 0.238. The van der Waals surface area contributed by atoms with Gasteiger partial charge in [-0.2, -0.15) is 0 Å². The average Bonchev–Trinajstić information content (AvgIpc) is 2.67. The van der Waals surface area contributed by atoms with Crippen molar-refractivity contribution in [3.8, 4) is 0 Å². The number of anilines is 1. The van der Waals surface area contributed by atoms with Gasteiger partial charge < -0.3 is 16.4 Å². The van der Waals surface area contributed by atoms with E-state index in [4.69, 9.17) is 5.73 Å². The first-order valence-electron chi connectivity index (χ1n) is 8.86. The van der Waals surface area contributed by atoms with Gasteiger partial charge in [-0.25, -0.2) is 0 Å². The molecule has 0 spiro atoms. The minimum Gasteiger partial charge on any atom is -0.346 e. The number of benzene rings is 1. The fourth-order valence-electron chi connectivity index (χ4n) is 2.56. The molecular weight excluding hydrogens is 424 g/mol. The maximum Gasteiger partial charge on any atom is 0.243 e. The van der Waals surface area contributed by atoms with Crippen LogP contribution in [0.5, 0.6) is 0 Å².